The van der Waals surface area contributed by atoms with Crippen LogP contribution in [0.25, 0.3) is 0 Å². The molecule has 0 fully saturated rings. The predicted molar refractivity (Wildman–Crippen MR) is 44.8 cm³/mol. The van der Waals surface area contributed by atoms with E-state index >= 15 is 0 Å². The maximum Gasteiger partial charge on any atom is 0.335 e. The zero-order valence-corrected chi connectivity index (χ0v) is 7.63. The van der Waals surface area contributed by atoms with E-state index in [1.807, 2.05) is 0 Å². The molecule has 0 aromatic carbocycles. The van der Waals surface area contributed by atoms with Gasteiger partial charge in [-0.1, -0.05) is 0 Å². The molecule has 0 aromatic rings. The highest BCUT2D eigenvalue weighted by Crippen LogP contribution is 2.08. The Morgan fingerprint density at radius 3 is 1.73 bits per heavy atom. The number of aliphatic hydroxyl groups excluding tert-OH is 6. The minimum atomic E-state index is -2.29. The number of carboxylic acids is 1. The van der Waals surface area contributed by atoms with Crippen molar-refractivity contribution in [3.8, 4) is 0 Å². The summed E-state index contributed by atoms with van der Waals surface area (Å²) in [6.07, 6.45) is -10.2. The van der Waals surface area contributed by atoms with Gasteiger partial charge in [-0.2, -0.15) is 0 Å². The lowest BCUT2D eigenvalue weighted by atomic mass is 9.99. The highest BCUT2D eigenvalue weighted by molar-refractivity contribution is 5.72. The lowest BCUT2D eigenvalue weighted by molar-refractivity contribution is -0.169. The van der Waals surface area contributed by atoms with Gasteiger partial charge in [0.1, 0.15) is 24.4 Å². The molecular weight excluding hydrogens is 212 g/mol. The molecule has 90 valence electrons. The summed E-state index contributed by atoms with van der Waals surface area (Å²) in [4.78, 5) is 10.2. The third-order valence-electron chi connectivity index (χ3n) is 1.86. The molecule has 5 atom stereocenters. The van der Waals surface area contributed by atoms with Crippen LogP contribution in [0.2, 0.25) is 0 Å². The van der Waals surface area contributed by atoms with Crippen LogP contribution in [-0.4, -0.2) is 78.8 Å². The minimum absolute atomic E-state index is 0.881. The number of aliphatic carboxylic acids is 1. The van der Waals surface area contributed by atoms with Crippen molar-refractivity contribution in [2.75, 3.05) is 6.61 Å². The molecule has 0 saturated carbocycles. The maximum atomic E-state index is 10.2. The Hall–Kier alpha value is -0.770. The van der Waals surface area contributed by atoms with Gasteiger partial charge in [-0.05, 0) is 0 Å². The van der Waals surface area contributed by atoms with E-state index in [-0.39, 0.29) is 0 Å². The second kappa shape index (κ2) is 5.95. The van der Waals surface area contributed by atoms with E-state index in [1.165, 1.54) is 0 Å². The number of rotatable bonds is 6. The van der Waals surface area contributed by atoms with E-state index in [4.69, 9.17) is 35.7 Å². The van der Waals surface area contributed by atoms with Crippen molar-refractivity contribution >= 4 is 5.97 Å². The number of aliphatic hydroxyl groups is 6. The topological polar surface area (TPSA) is 159 Å². The molecule has 15 heavy (non-hydrogen) atoms. The first-order chi connectivity index (χ1) is 6.82. The van der Waals surface area contributed by atoms with Gasteiger partial charge in [0.25, 0.3) is 0 Å². The van der Waals surface area contributed by atoms with Gasteiger partial charge in [0.05, 0.1) is 6.61 Å². The van der Waals surface area contributed by atoms with Crippen molar-refractivity contribution in [3.63, 3.8) is 0 Å². The van der Waals surface area contributed by atoms with Crippen molar-refractivity contribution in [1.29, 1.82) is 0 Å². The number of hydrogen-bond donors (Lipinski definition) is 7. The van der Waals surface area contributed by atoms with Crippen molar-refractivity contribution in [1.82, 2.24) is 0 Å². The number of carbonyl (C=O) groups is 1. The first-order valence-electron chi connectivity index (χ1n) is 4.07. The van der Waals surface area contributed by atoms with Crippen LogP contribution in [0.1, 0.15) is 0 Å². The molecule has 0 amide bonds. The predicted octanol–water partition coefficient (Wildman–Crippen LogP) is -4.13. The van der Waals surface area contributed by atoms with Crippen LogP contribution in [0.3, 0.4) is 0 Å². The Kier molecular flexibility index (Phi) is 5.65. The molecule has 0 aliphatic rings. The average Bonchev–Trinajstić information content (AvgIpc) is 2.23. The Bertz CT molecular complexity index is 207. The summed E-state index contributed by atoms with van der Waals surface area (Å²) < 4.78 is 0. The Labute approximate surface area is 84.7 Å². The summed E-state index contributed by atoms with van der Waals surface area (Å²) >= 11 is 0. The van der Waals surface area contributed by atoms with Crippen LogP contribution in [0.5, 0.6) is 0 Å². The summed E-state index contributed by atoms with van der Waals surface area (Å²) in [5, 5.41) is 61.5. The lowest BCUT2D eigenvalue weighted by Gasteiger charge is -2.26. The van der Waals surface area contributed by atoms with Gasteiger partial charge in [0, 0.05) is 0 Å². The van der Waals surface area contributed by atoms with Gasteiger partial charge in [-0.15, -0.1) is 0 Å². The van der Waals surface area contributed by atoms with Crippen LogP contribution in [0.15, 0.2) is 0 Å². The molecule has 0 spiro atoms. The molecule has 0 aliphatic heterocycles. The molecule has 0 aromatic heterocycles. The van der Waals surface area contributed by atoms with E-state index < -0.39 is 43.1 Å². The molecule has 7 N–H and O–H groups in total. The first-order valence-corrected chi connectivity index (χ1v) is 4.07. The third-order valence-corrected chi connectivity index (χ3v) is 1.86. The lowest BCUT2D eigenvalue weighted by Crippen LogP contribution is -2.51. The molecule has 0 radical (unpaired) electrons. The van der Waals surface area contributed by atoms with Gasteiger partial charge in [0.2, 0.25) is 0 Å². The Morgan fingerprint density at radius 2 is 1.40 bits per heavy atom. The molecule has 0 rings (SSSR count). The fourth-order valence-corrected chi connectivity index (χ4v) is 0.870. The maximum absolute atomic E-state index is 10.2. The molecule has 8 nitrogen and oxygen atoms in total. The van der Waals surface area contributed by atoms with Crippen LogP contribution in [0, 0.1) is 0 Å². The van der Waals surface area contributed by atoms with Gasteiger partial charge in [-0.3, -0.25) is 0 Å². The van der Waals surface area contributed by atoms with E-state index in [1.54, 1.807) is 0 Å². The molecular formula is C7H14O8. The van der Waals surface area contributed by atoms with Crippen LogP contribution >= 0.6 is 0 Å². The highest BCUT2D eigenvalue weighted by Gasteiger charge is 2.36. The molecule has 0 aliphatic carbocycles. The van der Waals surface area contributed by atoms with Crippen LogP contribution in [0.4, 0.5) is 0 Å². The second-order valence-electron chi connectivity index (χ2n) is 3.00. The summed E-state index contributed by atoms with van der Waals surface area (Å²) in [6, 6.07) is 0. The summed E-state index contributed by atoms with van der Waals surface area (Å²) in [6.45, 7) is -0.881. The fraction of sp³-hybridized carbons (Fsp3) is 0.857. The molecule has 0 unspecified atom stereocenters. The molecule has 8 heteroatoms. The van der Waals surface area contributed by atoms with Crippen molar-refractivity contribution in [2.24, 2.45) is 0 Å². The zero-order chi connectivity index (χ0) is 12.2. The number of carboxylic acid groups (broad SMARTS) is 1. The van der Waals surface area contributed by atoms with E-state index in [0.717, 1.165) is 0 Å². The largest absolute Gasteiger partial charge is 0.479 e. The quantitative estimate of drug-likeness (QED) is 0.240. The summed E-state index contributed by atoms with van der Waals surface area (Å²) in [7, 11) is 0. The minimum Gasteiger partial charge on any atom is -0.479 e. The third kappa shape index (κ3) is 3.70. The molecule has 0 bridgehead atoms. The Morgan fingerprint density at radius 1 is 0.933 bits per heavy atom. The summed E-state index contributed by atoms with van der Waals surface area (Å²) in [5.74, 6) is -1.78. The zero-order valence-electron chi connectivity index (χ0n) is 7.63. The molecule has 0 saturated heterocycles. The van der Waals surface area contributed by atoms with Gasteiger partial charge in [-0.25, -0.2) is 4.79 Å². The Balaban J connectivity index is 4.42. The van der Waals surface area contributed by atoms with E-state index in [2.05, 4.69) is 0 Å². The number of hydrogen-bond acceptors (Lipinski definition) is 7. The van der Waals surface area contributed by atoms with E-state index in [0.29, 0.717) is 0 Å². The van der Waals surface area contributed by atoms with Gasteiger partial charge >= 0.3 is 5.97 Å². The van der Waals surface area contributed by atoms with Crippen molar-refractivity contribution < 1.29 is 40.5 Å². The standard InChI is InChI=1S/C7H14O8/c8-1-2(9)3(10)4(11)5(12)6(13)7(14)15/h2-6,8-13H,1H2,(H,14,15)/t2-,3-,4+,5+,6+/m0/s1. The van der Waals surface area contributed by atoms with Gasteiger partial charge in [0.15, 0.2) is 6.10 Å². The van der Waals surface area contributed by atoms with Crippen molar-refractivity contribution in [2.45, 2.75) is 30.5 Å². The van der Waals surface area contributed by atoms with Gasteiger partial charge < -0.3 is 35.7 Å². The summed E-state index contributed by atoms with van der Waals surface area (Å²) in [5.41, 5.74) is 0. The van der Waals surface area contributed by atoms with E-state index in [9.17, 15) is 4.79 Å². The van der Waals surface area contributed by atoms with Crippen molar-refractivity contribution in [3.05, 3.63) is 0 Å². The highest BCUT2D eigenvalue weighted by atomic mass is 16.4. The second-order valence-corrected chi connectivity index (χ2v) is 3.00. The smallest absolute Gasteiger partial charge is 0.335 e. The molecule has 0 heterocycles. The first kappa shape index (κ1) is 14.2. The van der Waals surface area contributed by atoms with Crippen LogP contribution in [-0.2, 0) is 4.79 Å². The monoisotopic (exact) mass is 226 g/mol. The normalized spacial score (nSPS) is 21.5. The SMILES string of the molecule is O=C(O)[C@H](O)[C@H](O)[C@H](O)[C@@H](O)[C@@H](O)CO. The average molecular weight is 226 g/mol. The van der Waals surface area contributed by atoms with Crippen LogP contribution < -0.4 is 0 Å². The fourth-order valence-electron chi connectivity index (χ4n) is 0.870.